The van der Waals surface area contributed by atoms with Gasteiger partial charge in [0.15, 0.2) is 11.5 Å². The molecule has 0 fully saturated rings. The van der Waals surface area contributed by atoms with Crippen LogP contribution in [0.3, 0.4) is 0 Å². The first-order valence-corrected chi connectivity index (χ1v) is 7.44. The van der Waals surface area contributed by atoms with E-state index < -0.39 is 5.60 Å². The monoisotopic (exact) mass is 295 g/mol. The highest BCUT2D eigenvalue weighted by Crippen LogP contribution is 2.29. The van der Waals surface area contributed by atoms with Crippen LogP contribution in [0.5, 0.6) is 11.5 Å². The Hall–Kier alpha value is -1.26. The van der Waals surface area contributed by atoms with E-state index in [2.05, 4.69) is 26.1 Å². The van der Waals surface area contributed by atoms with Crippen molar-refractivity contribution in [3.8, 4) is 11.5 Å². The molecule has 0 aliphatic rings. The first kappa shape index (κ1) is 17.8. The number of ether oxygens (including phenoxy) is 2. The zero-order chi connectivity index (χ0) is 16.1. The Morgan fingerprint density at radius 1 is 1.14 bits per heavy atom. The molecule has 0 radical (unpaired) electrons. The Kier molecular flexibility index (Phi) is 6.05. The second-order valence-corrected chi connectivity index (χ2v) is 6.73. The molecule has 4 heteroatoms. The van der Waals surface area contributed by atoms with E-state index in [-0.39, 0.29) is 12.1 Å². The second kappa shape index (κ2) is 7.14. The van der Waals surface area contributed by atoms with Gasteiger partial charge in [0.1, 0.15) is 6.61 Å². The number of rotatable bonds is 7. The summed E-state index contributed by atoms with van der Waals surface area (Å²) in [6.07, 6.45) is 0.642. The highest BCUT2D eigenvalue weighted by atomic mass is 16.5. The van der Waals surface area contributed by atoms with Crippen molar-refractivity contribution < 1.29 is 14.6 Å². The van der Waals surface area contributed by atoms with Gasteiger partial charge in [-0.1, -0.05) is 13.0 Å². The van der Waals surface area contributed by atoms with Crippen LogP contribution in [0.1, 0.15) is 46.6 Å². The number of aliphatic hydroxyl groups is 1. The number of methoxy groups -OCH3 is 1. The van der Waals surface area contributed by atoms with Crippen molar-refractivity contribution in [2.45, 2.75) is 58.7 Å². The predicted molar refractivity (Wildman–Crippen MR) is 86.0 cm³/mol. The standard InChI is InChI=1S/C17H29NO3/c1-7-17(5,19)12-21-14-9-8-13(10-15(14)20-6)11-18-16(2,3)4/h8-10,18-19H,7,11-12H2,1-6H3. The lowest BCUT2D eigenvalue weighted by molar-refractivity contribution is 0.00775. The molecule has 0 amide bonds. The Labute approximate surface area is 128 Å². The first-order chi connectivity index (χ1) is 9.67. The quantitative estimate of drug-likeness (QED) is 0.811. The van der Waals surface area contributed by atoms with Gasteiger partial charge in [-0.15, -0.1) is 0 Å². The molecular weight excluding hydrogens is 266 g/mol. The van der Waals surface area contributed by atoms with E-state index in [1.54, 1.807) is 14.0 Å². The van der Waals surface area contributed by atoms with Gasteiger partial charge < -0.3 is 19.9 Å². The van der Waals surface area contributed by atoms with Crippen molar-refractivity contribution in [3.05, 3.63) is 23.8 Å². The van der Waals surface area contributed by atoms with E-state index in [1.165, 1.54) is 0 Å². The average Bonchev–Trinajstić information content (AvgIpc) is 2.42. The molecule has 0 spiro atoms. The van der Waals surface area contributed by atoms with Crippen LogP contribution in [0.25, 0.3) is 0 Å². The number of hydrogen-bond donors (Lipinski definition) is 2. The molecule has 0 saturated carbocycles. The Bertz CT molecular complexity index is 450. The topological polar surface area (TPSA) is 50.7 Å². The summed E-state index contributed by atoms with van der Waals surface area (Å²) < 4.78 is 11.1. The summed E-state index contributed by atoms with van der Waals surface area (Å²) in [5, 5.41) is 13.4. The molecule has 4 nitrogen and oxygen atoms in total. The number of nitrogens with one attached hydrogen (secondary N) is 1. The van der Waals surface area contributed by atoms with Gasteiger partial charge in [-0.3, -0.25) is 0 Å². The highest BCUT2D eigenvalue weighted by Gasteiger charge is 2.19. The average molecular weight is 295 g/mol. The summed E-state index contributed by atoms with van der Waals surface area (Å²) in [6, 6.07) is 5.87. The predicted octanol–water partition coefficient (Wildman–Crippen LogP) is 3.12. The SMILES string of the molecule is CCC(C)(O)COc1ccc(CNC(C)(C)C)cc1OC. The van der Waals surface area contributed by atoms with Crippen molar-refractivity contribution in [2.75, 3.05) is 13.7 Å². The normalized spacial score (nSPS) is 14.6. The van der Waals surface area contributed by atoms with E-state index in [0.29, 0.717) is 17.9 Å². The molecule has 1 aromatic carbocycles. The molecule has 21 heavy (non-hydrogen) atoms. The molecule has 0 aliphatic carbocycles. The number of benzene rings is 1. The van der Waals surface area contributed by atoms with Gasteiger partial charge in [0.25, 0.3) is 0 Å². The largest absolute Gasteiger partial charge is 0.493 e. The van der Waals surface area contributed by atoms with Crippen LogP contribution in [-0.4, -0.2) is 30.0 Å². The molecule has 120 valence electrons. The molecule has 0 aromatic heterocycles. The minimum atomic E-state index is -0.822. The molecule has 1 atom stereocenters. The molecule has 2 N–H and O–H groups in total. The zero-order valence-corrected chi connectivity index (χ0v) is 14.1. The zero-order valence-electron chi connectivity index (χ0n) is 14.1. The van der Waals surface area contributed by atoms with Crippen molar-refractivity contribution in [2.24, 2.45) is 0 Å². The first-order valence-electron chi connectivity index (χ1n) is 7.44. The fourth-order valence-electron chi connectivity index (χ4n) is 1.64. The maximum atomic E-state index is 10.0. The minimum Gasteiger partial charge on any atom is -0.493 e. The van der Waals surface area contributed by atoms with Crippen LogP contribution >= 0.6 is 0 Å². The van der Waals surface area contributed by atoms with Gasteiger partial charge in [0.05, 0.1) is 12.7 Å². The van der Waals surface area contributed by atoms with E-state index in [1.807, 2.05) is 25.1 Å². The fraction of sp³-hybridized carbons (Fsp3) is 0.647. The molecule has 0 saturated heterocycles. The lowest BCUT2D eigenvalue weighted by atomic mass is 10.1. The van der Waals surface area contributed by atoms with E-state index in [4.69, 9.17) is 9.47 Å². The minimum absolute atomic E-state index is 0.0717. The molecule has 0 bridgehead atoms. The van der Waals surface area contributed by atoms with E-state index in [9.17, 15) is 5.11 Å². The van der Waals surface area contributed by atoms with Crippen LogP contribution in [0.2, 0.25) is 0 Å². The van der Waals surface area contributed by atoms with Crippen LogP contribution in [-0.2, 0) is 6.54 Å². The molecular formula is C17H29NO3. The molecule has 0 aliphatic heterocycles. The van der Waals surface area contributed by atoms with Gasteiger partial charge in [0.2, 0.25) is 0 Å². The molecule has 0 heterocycles. The van der Waals surface area contributed by atoms with Crippen LogP contribution in [0, 0.1) is 0 Å². The maximum Gasteiger partial charge on any atom is 0.161 e. The summed E-state index contributed by atoms with van der Waals surface area (Å²) in [5.74, 6) is 1.35. The van der Waals surface area contributed by atoms with Gasteiger partial charge >= 0.3 is 0 Å². The van der Waals surface area contributed by atoms with Gasteiger partial charge in [-0.25, -0.2) is 0 Å². The molecule has 1 aromatic rings. The highest BCUT2D eigenvalue weighted by molar-refractivity contribution is 5.43. The molecule has 1 rings (SSSR count). The summed E-state index contributed by atoms with van der Waals surface area (Å²) in [7, 11) is 1.63. The van der Waals surface area contributed by atoms with E-state index in [0.717, 1.165) is 12.1 Å². The third-order valence-electron chi connectivity index (χ3n) is 3.35. The van der Waals surface area contributed by atoms with Gasteiger partial charge in [-0.05, 0) is 51.8 Å². The molecule has 1 unspecified atom stereocenters. The Balaban J connectivity index is 2.75. The Morgan fingerprint density at radius 2 is 1.81 bits per heavy atom. The van der Waals surface area contributed by atoms with Gasteiger partial charge in [-0.2, -0.15) is 0 Å². The third-order valence-corrected chi connectivity index (χ3v) is 3.35. The van der Waals surface area contributed by atoms with Crippen molar-refractivity contribution in [1.29, 1.82) is 0 Å². The smallest absolute Gasteiger partial charge is 0.161 e. The Morgan fingerprint density at radius 3 is 2.33 bits per heavy atom. The maximum absolute atomic E-state index is 10.0. The van der Waals surface area contributed by atoms with Crippen LogP contribution in [0.15, 0.2) is 18.2 Å². The van der Waals surface area contributed by atoms with Crippen LogP contribution in [0.4, 0.5) is 0 Å². The van der Waals surface area contributed by atoms with Crippen molar-refractivity contribution in [1.82, 2.24) is 5.32 Å². The second-order valence-electron chi connectivity index (χ2n) is 6.73. The summed E-state index contributed by atoms with van der Waals surface area (Å²) in [4.78, 5) is 0. The fourth-order valence-corrected chi connectivity index (χ4v) is 1.64. The van der Waals surface area contributed by atoms with Crippen molar-refractivity contribution >= 4 is 0 Å². The van der Waals surface area contributed by atoms with E-state index >= 15 is 0 Å². The third kappa shape index (κ3) is 6.36. The van der Waals surface area contributed by atoms with Crippen molar-refractivity contribution in [3.63, 3.8) is 0 Å². The lowest BCUT2D eigenvalue weighted by Gasteiger charge is -2.23. The number of hydrogen-bond acceptors (Lipinski definition) is 4. The summed E-state index contributed by atoms with van der Waals surface area (Å²) in [6.45, 7) is 11.1. The van der Waals surface area contributed by atoms with Crippen LogP contribution < -0.4 is 14.8 Å². The lowest BCUT2D eigenvalue weighted by Crippen LogP contribution is -2.35. The summed E-state index contributed by atoms with van der Waals surface area (Å²) >= 11 is 0. The van der Waals surface area contributed by atoms with Gasteiger partial charge in [0, 0.05) is 12.1 Å². The summed E-state index contributed by atoms with van der Waals surface area (Å²) in [5.41, 5.74) is 0.385.